The van der Waals surface area contributed by atoms with Gasteiger partial charge in [0.15, 0.2) is 0 Å². The minimum absolute atomic E-state index is 0.0164. The second-order valence-corrected chi connectivity index (χ2v) is 10.5. The Kier molecular flexibility index (Phi) is 5.29. The molecule has 1 aliphatic carbocycles. The number of rotatable bonds is 3. The third kappa shape index (κ3) is 3.64. The zero-order valence-corrected chi connectivity index (χ0v) is 19.8. The number of nitrogens with one attached hydrogen (secondary N) is 2. The quantitative estimate of drug-likeness (QED) is 0.385. The molecule has 3 aromatic heterocycles. The lowest BCUT2D eigenvalue weighted by Crippen LogP contribution is -2.34. The molecule has 0 unspecified atom stereocenters. The third-order valence-corrected chi connectivity index (χ3v) is 8.31. The Hall–Kier alpha value is -3.32. The number of pyridine rings is 2. The summed E-state index contributed by atoms with van der Waals surface area (Å²) in [5.74, 6) is 0.636. The first-order chi connectivity index (χ1) is 16.6. The van der Waals surface area contributed by atoms with Gasteiger partial charge in [-0.15, -0.1) is 11.3 Å². The number of thiophene rings is 1. The summed E-state index contributed by atoms with van der Waals surface area (Å²) in [6.45, 7) is 2.70. The highest BCUT2D eigenvalue weighted by molar-refractivity contribution is 7.21. The van der Waals surface area contributed by atoms with Crippen LogP contribution in [-0.4, -0.2) is 34.7 Å². The van der Waals surface area contributed by atoms with E-state index in [0.717, 1.165) is 80.5 Å². The van der Waals surface area contributed by atoms with Crippen molar-refractivity contribution in [3.05, 3.63) is 53.2 Å². The molecule has 0 bridgehead atoms. The Labute approximate surface area is 201 Å². The molecule has 1 atom stereocenters. The molecule has 172 valence electrons. The smallest absolute Gasteiger partial charge is 0.263 e. The molecular weight excluding hydrogens is 444 g/mol. The van der Waals surface area contributed by atoms with Crippen LogP contribution in [0.4, 0.5) is 5.69 Å². The molecule has 2 aliphatic rings. The molecule has 34 heavy (non-hydrogen) atoms. The molecule has 1 fully saturated rings. The lowest BCUT2D eigenvalue weighted by molar-refractivity contribution is -0.111. The summed E-state index contributed by atoms with van der Waals surface area (Å²) < 4.78 is 1.08. The lowest BCUT2D eigenvalue weighted by atomic mass is 9.81. The van der Waals surface area contributed by atoms with Gasteiger partial charge in [-0.25, -0.2) is 4.98 Å². The number of carbonyl (C=O) groups is 2. The monoisotopic (exact) mass is 470 g/mol. The van der Waals surface area contributed by atoms with Crippen molar-refractivity contribution in [3.8, 4) is 11.3 Å². The SMILES string of the molecule is C[C@@H]1CNc2c(sc3ccc4nc(-c5ccc(C6CCC(C=O)CC6)nc5)ccc4c23)C(=O)N1. The van der Waals surface area contributed by atoms with Crippen molar-refractivity contribution in [1.29, 1.82) is 0 Å². The Morgan fingerprint density at radius 3 is 2.68 bits per heavy atom. The standard InChI is InChI=1S/C27H26N4O2S/c1-15-12-29-25-24-19-7-9-21(31-22(19)10-11-23(24)34-26(25)27(33)30-15)18-6-8-20(28-13-18)17-4-2-16(14-32)3-5-17/h6-11,13-17,29H,2-5,12H2,1H3,(H,30,33)/t15-,16?,17?/m1/s1. The van der Waals surface area contributed by atoms with Crippen molar-refractivity contribution >= 4 is 50.2 Å². The normalized spacial score (nSPS) is 22.6. The topological polar surface area (TPSA) is 84.0 Å². The highest BCUT2D eigenvalue weighted by atomic mass is 32.1. The molecule has 1 saturated carbocycles. The minimum atomic E-state index is -0.0164. The van der Waals surface area contributed by atoms with Gasteiger partial charge in [0.05, 0.1) is 16.9 Å². The van der Waals surface area contributed by atoms with Crippen LogP contribution in [0.5, 0.6) is 0 Å². The van der Waals surface area contributed by atoms with E-state index in [1.54, 1.807) is 0 Å². The van der Waals surface area contributed by atoms with Crippen molar-refractivity contribution < 1.29 is 9.59 Å². The summed E-state index contributed by atoms with van der Waals surface area (Å²) in [6.07, 6.45) is 6.98. The molecule has 1 aromatic carbocycles. The van der Waals surface area contributed by atoms with Gasteiger partial charge in [0.25, 0.3) is 5.91 Å². The van der Waals surface area contributed by atoms with Crippen molar-refractivity contribution in [3.63, 3.8) is 0 Å². The highest BCUT2D eigenvalue weighted by Gasteiger charge is 2.25. The molecule has 7 heteroatoms. The maximum atomic E-state index is 12.7. The van der Waals surface area contributed by atoms with E-state index in [2.05, 4.69) is 34.9 Å². The Morgan fingerprint density at radius 2 is 1.91 bits per heavy atom. The van der Waals surface area contributed by atoms with Gasteiger partial charge in [0.2, 0.25) is 0 Å². The Morgan fingerprint density at radius 1 is 1.06 bits per heavy atom. The Bertz CT molecular complexity index is 1400. The molecule has 0 spiro atoms. The van der Waals surface area contributed by atoms with Gasteiger partial charge in [-0.05, 0) is 69.0 Å². The number of anilines is 1. The predicted octanol–water partition coefficient (Wildman–Crippen LogP) is 5.53. The fourth-order valence-corrected chi connectivity index (χ4v) is 6.33. The van der Waals surface area contributed by atoms with Crippen LogP contribution in [0.1, 0.15) is 53.9 Å². The first-order valence-corrected chi connectivity index (χ1v) is 12.7. The van der Waals surface area contributed by atoms with Crippen LogP contribution in [0.3, 0.4) is 0 Å². The molecule has 1 amide bonds. The number of aldehydes is 1. The van der Waals surface area contributed by atoms with E-state index >= 15 is 0 Å². The molecule has 2 N–H and O–H groups in total. The summed E-state index contributed by atoms with van der Waals surface area (Å²) in [7, 11) is 0. The van der Waals surface area contributed by atoms with Crippen LogP contribution >= 0.6 is 11.3 Å². The largest absolute Gasteiger partial charge is 0.381 e. The summed E-state index contributed by atoms with van der Waals surface area (Å²) in [6, 6.07) is 12.5. The first kappa shape index (κ1) is 21.2. The number of hydrogen-bond donors (Lipinski definition) is 2. The van der Waals surface area contributed by atoms with E-state index in [4.69, 9.17) is 9.97 Å². The van der Waals surface area contributed by atoms with Crippen molar-refractivity contribution in [2.75, 3.05) is 11.9 Å². The van der Waals surface area contributed by atoms with Gasteiger partial charge >= 0.3 is 0 Å². The van der Waals surface area contributed by atoms with Gasteiger partial charge in [-0.3, -0.25) is 9.78 Å². The first-order valence-electron chi connectivity index (χ1n) is 11.9. The fraction of sp³-hybridized carbons (Fsp3) is 0.333. The average molecular weight is 471 g/mol. The fourth-order valence-electron chi connectivity index (χ4n) is 5.24. The van der Waals surface area contributed by atoms with Crippen molar-refractivity contribution in [1.82, 2.24) is 15.3 Å². The molecular formula is C27H26N4O2S. The van der Waals surface area contributed by atoms with E-state index in [0.29, 0.717) is 12.5 Å². The van der Waals surface area contributed by atoms with E-state index in [-0.39, 0.29) is 17.9 Å². The van der Waals surface area contributed by atoms with E-state index in [9.17, 15) is 9.59 Å². The number of fused-ring (bicyclic) bond motifs is 5. The number of hydrogen-bond acceptors (Lipinski definition) is 6. The second-order valence-electron chi connectivity index (χ2n) is 9.48. The zero-order chi connectivity index (χ0) is 23.2. The van der Waals surface area contributed by atoms with Crippen molar-refractivity contribution in [2.45, 2.75) is 44.6 Å². The molecule has 0 saturated heterocycles. The van der Waals surface area contributed by atoms with Gasteiger partial charge in [-0.1, -0.05) is 0 Å². The second kappa shape index (κ2) is 8.47. The summed E-state index contributed by atoms with van der Waals surface area (Å²) in [4.78, 5) is 34.1. The van der Waals surface area contributed by atoms with Crippen LogP contribution in [0, 0.1) is 5.92 Å². The maximum Gasteiger partial charge on any atom is 0.263 e. The molecule has 6 rings (SSSR count). The number of benzene rings is 1. The number of aromatic nitrogens is 2. The maximum absolute atomic E-state index is 12.7. The predicted molar refractivity (Wildman–Crippen MR) is 137 cm³/mol. The van der Waals surface area contributed by atoms with Crippen LogP contribution in [0.2, 0.25) is 0 Å². The van der Waals surface area contributed by atoms with Crippen LogP contribution in [-0.2, 0) is 4.79 Å². The lowest BCUT2D eigenvalue weighted by Gasteiger charge is -2.24. The molecule has 1 aliphatic heterocycles. The molecule has 6 nitrogen and oxygen atoms in total. The molecule has 4 aromatic rings. The highest BCUT2D eigenvalue weighted by Crippen LogP contribution is 2.41. The van der Waals surface area contributed by atoms with Crippen molar-refractivity contribution in [2.24, 2.45) is 5.92 Å². The van der Waals surface area contributed by atoms with E-state index in [1.807, 2.05) is 25.3 Å². The van der Waals surface area contributed by atoms with E-state index in [1.165, 1.54) is 11.3 Å². The van der Waals surface area contributed by atoms with Gasteiger partial charge in [0.1, 0.15) is 11.2 Å². The Balaban J connectivity index is 1.33. The number of nitrogens with zero attached hydrogens (tertiary/aromatic N) is 2. The number of carbonyl (C=O) groups excluding carboxylic acids is 2. The van der Waals surface area contributed by atoms with Gasteiger partial charge in [-0.2, -0.15) is 0 Å². The minimum Gasteiger partial charge on any atom is -0.381 e. The number of amides is 1. The van der Waals surface area contributed by atoms with Gasteiger partial charge in [0, 0.05) is 57.3 Å². The van der Waals surface area contributed by atoms with E-state index < -0.39 is 0 Å². The summed E-state index contributed by atoms with van der Waals surface area (Å²) in [5.41, 5.74) is 4.80. The van der Waals surface area contributed by atoms with Gasteiger partial charge < -0.3 is 15.4 Å². The third-order valence-electron chi connectivity index (χ3n) is 7.16. The van der Waals surface area contributed by atoms with Crippen LogP contribution in [0.25, 0.3) is 32.2 Å². The zero-order valence-electron chi connectivity index (χ0n) is 19.0. The molecule has 4 heterocycles. The molecule has 0 radical (unpaired) electrons. The average Bonchev–Trinajstić information content (AvgIpc) is 3.20. The summed E-state index contributed by atoms with van der Waals surface area (Å²) >= 11 is 1.52. The van der Waals surface area contributed by atoms with Crippen LogP contribution < -0.4 is 10.6 Å². The summed E-state index contributed by atoms with van der Waals surface area (Å²) in [5, 5.41) is 8.64. The van der Waals surface area contributed by atoms with Crippen LogP contribution in [0.15, 0.2) is 42.6 Å².